The normalized spacial score (nSPS) is 10.6. The van der Waals surface area contributed by atoms with Crippen LogP contribution >= 0.6 is 11.6 Å². The van der Waals surface area contributed by atoms with Crippen LogP contribution in [0.1, 0.15) is 17.8 Å². The first-order chi connectivity index (χ1) is 18.6. The van der Waals surface area contributed by atoms with Gasteiger partial charge in [-0.25, -0.2) is 15.0 Å². The van der Waals surface area contributed by atoms with E-state index in [9.17, 15) is 5.26 Å². The number of anilines is 2. The number of nitrogens with zero attached hydrogens (tertiary/aromatic N) is 8. The van der Waals surface area contributed by atoms with Crippen LogP contribution in [0.2, 0.25) is 5.02 Å². The molecule has 0 fully saturated rings. The molecule has 0 unspecified atom stereocenters. The van der Waals surface area contributed by atoms with Crippen molar-refractivity contribution in [2.45, 2.75) is 6.42 Å². The van der Waals surface area contributed by atoms with Gasteiger partial charge in [0.2, 0.25) is 0 Å². The first kappa shape index (κ1) is 24.6. The third-order valence-electron chi connectivity index (χ3n) is 5.74. The van der Waals surface area contributed by atoms with Crippen molar-refractivity contribution in [2.75, 3.05) is 23.7 Å². The Hall–Kier alpha value is -5.06. The van der Waals surface area contributed by atoms with Gasteiger partial charge in [-0.05, 0) is 42.8 Å². The zero-order chi connectivity index (χ0) is 26.5. The van der Waals surface area contributed by atoms with E-state index in [2.05, 4.69) is 31.8 Å². The third kappa shape index (κ3) is 5.21. The number of nitriles is 2. The fourth-order valence-corrected chi connectivity index (χ4v) is 4.21. The smallest absolute Gasteiger partial charge is 0.183 e. The van der Waals surface area contributed by atoms with Gasteiger partial charge in [-0.3, -0.25) is 9.67 Å². The van der Waals surface area contributed by atoms with Gasteiger partial charge < -0.3 is 10.6 Å². The molecule has 2 N–H and O–H groups in total. The number of aromatic nitrogens is 6. The third-order valence-corrected chi connectivity index (χ3v) is 6.03. The topological polar surface area (TPSA) is 141 Å². The van der Waals surface area contributed by atoms with E-state index >= 15 is 0 Å². The molecule has 0 radical (unpaired) electrons. The molecule has 0 aliphatic rings. The van der Waals surface area contributed by atoms with E-state index in [4.69, 9.17) is 26.8 Å². The zero-order valence-electron chi connectivity index (χ0n) is 20.4. The molecular formula is C27H21ClN10. The van der Waals surface area contributed by atoms with Gasteiger partial charge in [0.25, 0.3) is 0 Å². The van der Waals surface area contributed by atoms with E-state index in [1.54, 1.807) is 29.2 Å². The minimum atomic E-state index is 0.173. The molecule has 0 amide bonds. The molecule has 4 aromatic heterocycles. The van der Waals surface area contributed by atoms with Gasteiger partial charge in [-0.15, -0.1) is 0 Å². The molecule has 5 rings (SSSR count). The maximum atomic E-state index is 9.89. The lowest BCUT2D eigenvalue weighted by atomic mass is 10.0. The Kier molecular flexibility index (Phi) is 7.07. The Labute approximate surface area is 223 Å². The number of pyridine rings is 2. The van der Waals surface area contributed by atoms with Crippen LogP contribution < -0.4 is 10.6 Å². The summed E-state index contributed by atoms with van der Waals surface area (Å²) >= 11 is 6.55. The van der Waals surface area contributed by atoms with Crippen molar-refractivity contribution < 1.29 is 0 Å². The molecule has 0 atom stereocenters. The van der Waals surface area contributed by atoms with Crippen LogP contribution in [0, 0.1) is 22.7 Å². The fourth-order valence-electron chi connectivity index (χ4n) is 3.93. The van der Waals surface area contributed by atoms with Gasteiger partial charge in [-0.2, -0.15) is 15.6 Å². The molecule has 0 aliphatic heterocycles. The summed E-state index contributed by atoms with van der Waals surface area (Å²) in [5.74, 6) is 0.380. The molecule has 10 nitrogen and oxygen atoms in total. The predicted octanol–water partition coefficient (Wildman–Crippen LogP) is 4.80. The Morgan fingerprint density at radius 3 is 2.58 bits per heavy atom. The summed E-state index contributed by atoms with van der Waals surface area (Å²) in [7, 11) is 1.83. The average Bonchev–Trinajstić information content (AvgIpc) is 3.38. The fraction of sp³-hybridized carbons (Fsp3) is 0.148. The van der Waals surface area contributed by atoms with E-state index in [1.807, 2.05) is 49.6 Å². The van der Waals surface area contributed by atoms with Crippen LogP contribution in [0.25, 0.3) is 33.5 Å². The maximum absolute atomic E-state index is 9.89. The molecule has 0 bridgehead atoms. The standard InChI is InChI=1S/C27H21ClN10/c1-38-11-7-22(37-38)26-25(18-12-17-4-2-8-32-24(17)21(28)13-18)35-23(15-30)27(36-26)33-10-3-9-31-20-6-5-19(14-29)34-16-20/h2,4-8,11-13,16,31H,3,9-10H2,1H3,(H,33,36). The lowest BCUT2D eigenvalue weighted by Crippen LogP contribution is -2.12. The van der Waals surface area contributed by atoms with Crippen molar-refractivity contribution in [2.24, 2.45) is 7.05 Å². The largest absolute Gasteiger partial charge is 0.384 e. The monoisotopic (exact) mass is 520 g/mol. The number of hydrogen-bond donors (Lipinski definition) is 2. The molecule has 38 heavy (non-hydrogen) atoms. The zero-order valence-corrected chi connectivity index (χ0v) is 21.1. The molecule has 186 valence electrons. The van der Waals surface area contributed by atoms with Gasteiger partial charge >= 0.3 is 0 Å². The van der Waals surface area contributed by atoms with Crippen molar-refractivity contribution in [3.63, 3.8) is 0 Å². The Bertz CT molecular complexity index is 1700. The lowest BCUT2D eigenvalue weighted by Gasteiger charge is -2.13. The van der Waals surface area contributed by atoms with E-state index in [1.165, 1.54) is 0 Å². The number of rotatable bonds is 8. The SMILES string of the molecule is Cn1ccc(-c2nc(NCCCNc3ccc(C#N)nc3)c(C#N)nc2-c2cc(Cl)c3ncccc3c2)n1. The molecule has 0 saturated heterocycles. The van der Waals surface area contributed by atoms with Crippen LogP contribution in [-0.4, -0.2) is 42.8 Å². The number of halogens is 1. The van der Waals surface area contributed by atoms with Crippen LogP contribution in [0.15, 0.2) is 61.1 Å². The van der Waals surface area contributed by atoms with E-state index < -0.39 is 0 Å². The molecule has 0 saturated carbocycles. The number of hydrogen-bond acceptors (Lipinski definition) is 9. The summed E-state index contributed by atoms with van der Waals surface area (Å²) in [6, 6.07) is 17.0. The summed E-state index contributed by atoms with van der Waals surface area (Å²) in [5.41, 5.74) is 4.44. The van der Waals surface area contributed by atoms with Crippen molar-refractivity contribution in [3.8, 4) is 34.8 Å². The van der Waals surface area contributed by atoms with Crippen LogP contribution in [-0.2, 0) is 7.05 Å². The van der Waals surface area contributed by atoms with Gasteiger partial charge in [0, 0.05) is 43.5 Å². The van der Waals surface area contributed by atoms with Crippen molar-refractivity contribution in [1.82, 2.24) is 29.7 Å². The summed E-state index contributed by atoms with van der Waals surface area (Å²) < 4.78 is 1.69. The number of aryl methyl sites for hydroxylation is 1. The van der Waals surface area contributed by atoms with E-state index in [0.717, 1.165) is 17.5 Å². The molecule has 5 aromatic rings. The second-order valence-electron chi connectivity index (χ2n) is 8.39. The minimum absolute atomic E-state index is 0.173. The summed E-state index contributed by atoms with van der Waals surface area (Å²) in [6.07, 6.45) is 5.88. The van der Waals surface area contributed by atoms with Crippen molar-refractivity contribution in [3.05, 3.63) is 77.5 Å². The molecular weight excluding hydrogens is 500 g/mol. The Morgan fingerprint density at radius 1 is 0.974 bits per heavy atom. The first-order valence-corrected chi connectivity index (χ1v) is 12.1. The van der Waals surface area contributed by atoms with E-state index in [0.29, 0.717) is 57.8 Å². The average molecular weight is 521 g/mol. The number of fused-ring (bicyclic) bond motifs is 1. The molecule has 0 spiro atoms. The first-order valence-electron chi connectivity index (χ1n) is 11.8. The van der Waals surface area contributed by atoms with Gasteiger partial charge in [-0.1, -0.05) is 17.7 Å². The van der Waals surface area contributed by atoms with Crippen LogP contribution in [0.4, 0.5) is 11.5 Å². The number of nitrogens with one attached hydrogen (secondary N) is 2. The van der Waals surface area contributed by atoms with E-state index in [-0.39, 0.29) is 5.69 Å². The summed E-state index contributed by atoms with van der Waals surface area (Å²) in [4.78, 5) is 17.9. The Balaban J connectivity index is 1.41. The highest BCUT2D eigenvalue weighted by molar-refractivity contribution is 6.35. The molecule has 11 heteroatoms. The predicted molar refractivity (Wildman–Crippen MR) is 145 cm³/mol. The number of benzene rings is 1. The molecule has 4 heterocycles. The highest BCUT2D eigenvalue weighted by atomic mass is 35.5. The van der Waals surface area contributed by atoms with Crippen molar-refractivity contribution in [1.29, 1.82) is 10.5 Å². The second-order valence-corrected chi connectivity index (χ2v) is 8.80. The van der Waals surface area contributed by atoms with Gasteiger partial charge in [0.1, 0.15) is 34.9 Å². The highest BCUT2D eigenvalue weighted by Gasteiger charge is 2.19. The lowest BCUT2D eigenvalue weighted by molar-refractivity contribution is 0.770. The minimum Gasteiger partial charge on any atom is -0.384 e. The summed E-state index contributed by atoms with van der Waals surface area (Å²) in [5, 5.41) is 31.1. The van der Waals surface area contributed by atoms with Crippen LogP contribution in [0.3, 0.4) is 0 Å². The van der Waals surface area contributed by atoms with Crippen molar-refractivity contribution >= 4 is 34.0 Å². The molecule has 1 aromatic carbocycles. The quantitative estimate of drug-likeness (QED) is 0.276. The van der Waals surface area contributed by atoms with Gasteiger partial charge in [0.15, 0.2) is 11.5 Å². The highest BCUT2D eigenvalue weighted by Crippen LogP contribution is 2.34. The molecule has 0 aliphatic carbocycles. The summed E-state index contributed by atoms with van der Waals surface area (Å²) in [6.45, 7) is 1.21. The Morgan fingerprint density at radius 2 is 1.84 bits per heavy atom. The van der Waals surface area contributed by atoms with Gasteiger partial charge in [0.05, 0.1) is 22.4 Å². The second kappa shape index (κ2) is 10.9. The maximum Gasteiger partial charge on any atom is 0.183 e. The van der Waals surface area contributed by atoms with Crippen LogP contribution in [0.5, 0.6) is 0 Å².